The fraction of sp³-hybridized carbons (Fsp3) is 0.636. The summed E-state index contributed by atoms with van der Waals surface area (Å²) in [5, 5.41) is 12.2. The molecule has 1 rings (SSSR count). The summed E-state index contributed by atoms with van der Waals surface area (Å²) in [6.07, 6.45) is 1.06. The van der Waals surface area contributed by atoms with Gasteiger partial charge in [-0.1, -0.05) is 5.16 Å². The zero-order valence-corrected chi connectivity index (χ0v) is 10.5. The molecule has 1 aromatic rings. The minimum absolute atomic E-state index is 0.0401. The van der Waals surface area contributed by atoms with Crippen molar-refractivity contribution in [3.05, 3.63) is 17.5 Å². The first-order valence-corrected chi connectivity index (χ1v) is 5.51. The van der Waals surface area contributed by atoms with Gasteiger partial charge in [0.1, 0.15) is 0 Å². The van der Waals surface area contributed by atoms with E-state index in [9.17, 15) is 4.79 Å². The Morgan fingerprint density at radius 1 is 1.41 bits per heavy atom. The maximum Gasteiger partial charge on any atom is 0.358 e. The van der Waals surface area contributed by atoms with E-state index in [4.69, 9.17) is 9.63 Å². The molecule has 0 amide bonds. The molecule has 6 heteroatoms. The molecule has 1 heterocycles. The lowest BCUT2D eigenvalue weighted by Gasteiger charge is -2.16. The van der Waals surface area contributed by atoms with E-state index in [0.29, 0.717) is 12.3 Å². The highest BCUT2D eigenvalue weighted by molar-refractivity contribution is 5.85. The summed E-state index contributed by atoms with van der Waals surface area (Å²) >= 11 is 0. The van der Waals surface area contributed by atoms with Crippen molar-refractivity contribution in [1.82, 2.24) is 15.0 Å². The van der Waals surface area contributed by atoms with Gasteiger partial charge < -0.3 is 14.5 Å². The topological polar surface area (TPSA) is 69.8 Å². The molecule has 0 atom stereocenters. The minimum Gasteiger partial charge on any atom is -0.476 e. The number of carboxylic acids is 1. The smallest absolute Gasteiger partial charge is 0.358 e. The maximum absolute atomic E-state index is 10.6. The highest BCUT2D eigenvalue weighted by Crippen LogP contribution is 2.06. The number of rotatable bonds is 7. The van der Waals surface area contributed by atoms with E-state index >= 15 is 0 Å². The minimum atomic E-state index is -1.06. The molecule has 0 aliphatic carbocycles. The zero-order valence-electron chi connectivity index (χ0n) is 10.5. The van der Waals surface area contributed by atoms with Crippen molar-refractivity contribution < 1.29 is 14.4 Å². The van der Waals surface area contributed by atoms with Crippen LogP contribution in [0.1, 0.15) is 22.7 Å². The molecule has 1 aromatic heterocycles. The van der Waals surface area contributed by atoms with Gasteiger partial charge in [0.05, 0.1) is 6.54 Å². The number of aromatic nitrogens is 1. The molecule has 0 aliphatic heterocycles. The van der Waals surface area contributed by atoms with E-state index in [0.717, 1.165) is 19.5 Å². The SMILES string of the molecule is CN(C)CCCN(C)Cc1cc(C(=O)O)no1. The molecule has 0 saturated carbocycles. The highest BCUT2D eigenvalue weighted by Gasteiger charge is 2.11. The zero-order chi connectivity index (χ0) is 12.8. The largest absolute Gasteiger partial charge is 0.476 e. The van der Waals surface area contributed by atoms with Crippen molar-refractivity contribution in [3.8, 4) is 0 Å². The van der Waals surface area contributed by atoms with E-state index in [2.05, 4.69) is 15.0 Å². The second-order valence-corrected chi connectivity index (χ2v) is 4.38. The number of nitrogens with zero attached hydrogens (tertiary/aromatic N) is 3. The second kappa shape index (κ2) is 6.36. The van der Waals surface area contributed by atoms with E-state index in [1.807, 2.05) is 21.1 Å². The van der Waals surface area contributed by atoms with Crippen LogP contribution in [-0.4, -0.2) is 60.3 Å². The Balaban J connectivity index is 2.34. The summed E-state index contributed by atoms with van der Waals surface area (Å²) in [5.74, 6) is -0.481. The molecule has 0 aromatic carbocycles. The van der Waals surface area contributed by atoms with Crippen LogP contribution < -0.4 is 0 Å². The predicted octanol–water partition coefficient (Wildman–Crippen LogP) is 0.756. The molecule has 1 N–H and O–H groups in total. The van der Waals surface area contributed by atoms with Gasteiger partial charge in [-0.25, -0.2) is 4.79 Å². The van der Waals surface area contributed by atoms with Gasteiger partial charge in [-0.15, -0.1) is 0 Å². The van der Waals surface area contributed by atoms with E-state index in [-0.39, 0.29) is 5.69 Å². The molecule has 17 heavy (non-hydrogen) atoms. The first kappa shape index (κ1) is 13.7. The third kappa shape index (κ3) is 4.97. The highest BCUT2D eigenvalue weighted by atomic mass is 16.5. The molecular weight excluding hydrogens is 222 g/mol. The Morgan fingerprint density at radius 3 is 2.65 bits per heavy atom. The summed E-state index contributed by atoms with van der Waals surface area (Å²) < 4.78 is 4.94. The summed E-state index contributed by atoms with van der Waals surface area (Å²) in [4.78, 5) is 14.8. The second-order valence-electron chi connectivity index (χ2n) is 4.38. The van der Waals surface area contributed by atoms with Gasteiger partial charge in [0.2, 0.25) is 0 Å². The summed E-state index contributed by atoms with van der Waals surface area (Å²) in [6.45, 7) is 2.54. The Labute approximate surface area is 101 Å². The van der Waals surface area contributed by atoms with Gasteiger partial charge in [0.25, 0.3) is 0 Å². The van der Waals surface area contributed by atoms with Gasteiger partial charge in [-0.05, 0) is 40.7 Å². The van der Waals surface area contributed by atoms with Gasteiger partial charge in [0, 0.05) is 6.07 Å². The quantitative estimate of drug-likeness (QED) is 0.760. The fourth-order valence-electron chi connectivity index (χ4n) is 1.49. The molecule has 0 saturated heterocycles. The van der Waals surface area contributed by atoms with Crippen molar-refractivity contribution in [1.29, 1.82) is 0 Å². The van der Waals surface area contributed by atoms with Crippen LogP contribution in [0.15, 0.2) is 10.6 Å². The number of aromatic carboxylic acids is 1. The average molecular weight is 241 g/mol. The lowest BCUT2D eigenvalue weighted by molar-refractivity contribution is 0.0685. The first-order valence-electron chi connectivity index (χ1n) is 5.51. The third-order valence-electron chi connectivity index (χ3n) is 2.35. The number of carbonyl (C=O) groups is 1. The summed E-state index contributed by atoms with van der Waals surface area (Å²) in [5.41, 5.74) is -0.0401. The number of carboxylic acid groups (broad SMARTS) is 1. The van der Waals surface area contributed by atoms with Gasteiger partial charge >= 0.3 is 5.97 Å². The van der Waals surface area contributed by atoms with Crippen molar-refractivity contribution in [2.24, 2.45) is 0 Å². The van der Waals surface area contributed by atoms with Crippen LogP contribution in [0.5, 0.6) is 0 Å². The molecular formula is C11H19N3O3. The number of hydrogen-bond donors (Lipinski definition) is 1. The Hall–Kier alpha value is -1.40. The normalized spacial score (nSPS) is 11.4. The van der Waals surface area contributed by atoms with Gasteiger partial charge in [-0.2, -0.15) is 0 Å². The monoisotopic (exact) mass is 241 g/mol. The Kier molecular flexibility index (Phi) is 5.11. The summed E-state index contributed by atoms with van der Waals surface area (Å²) in [6, 6.07) is 1.46. The lowest BCUT2D eigenvalue weighted by Crippen LogP contribution is -2.23. The Morgan fingerprint density at radius 2 is 2.12 bits per heavy atom. The lowest BCUT2D eigenvalue weighted by atomic mass is 10.3. The molecule has 0 bridgehead atoms. The Bertz CT molecular complexity index is 363. The standard InChI is InChI=1S/C11H19N3O3/c1-13(2)5-4-6-14(3)8-9-7-10(11(15)16)12-17-9/h7H,4-6,8H2,1-3H3,(H,15,16). The van der Waals surface area contributed by atoms with Crippen LogP contribution in [-0.2, 0) is 6.54 Å². The van der Waals surface area contributed by atoms with Crippen molar-refractivity contribution in [2.75, 3.05) is 34.2 Å². The van der Waals surface area contributed by atoms with Crippen molar-refractivity contribution >= 4 is 5.97 Å². The van der Waals surface area contributed by atoms with Crippen LogP contribution >= 0.6 is 0 Å². The van der Waals surface area contributed by atoms with E-state index in [1.54, 1.807) is 0 Å². The van der Waals surface area contributed by atoms with Crippen molar-refractivity contribution in [2.45, 2.75) is 13.0 Å². The van der Waals surface area contributed by atoms with Crippen LogP contribution in [0.3, 0.4) is 0 Å². The van der Waals surface area contributed by atoms with E-state index < -0.39 is 5.97 Å². The van der Waals surface area contributed by atoms with Crippen LogP contribution in [0.2, 0.25) is 0 Å². The fourth-order valence-corrected chi connectivity index (χ4v) is 1.49. The molecule has 0 radical (unpaired) electrons. The predicted molar refractivity (Wildman–Crippen MR) is 63.0 cm³/mol. The molecule has 6 nitrogen and oxygen atoms in total. The van der Waals surface area contributed by atoms with Gasteiger partial charge in [-0.3, -0.25) is 4.90 Å². The summed E-state index contributed by atoms with van der Waals surface area (Å²) in [7, 11) is 6.05. The number of hydrogen-bond acceptors (Lipinski definition) is 5. The van der Waals surface area contributed by atoms with Crippen LogP contribution in [0, 0.1) is 0 Å². The maximum atomic E-state index is 10.6. The van der Waals surface area contributed by atoms with Crippen molar-refractivity contribution in [3.63, 3.8) is 0 Å². The third-order valence-corrected chi connectivity index (χ3v) is 2.35. The van der Waals surface area contributed by atoms with Crippen LogP contribution in [0.25, 0.3) is 0 Å². The molecule has 0 spiro atoms. The van der Waals surface area contributed by atoms with Crippen LogP contribution in [0.4, 0.5) is 0 Å². The average Bonchev–Trinajstić information content (AvgIpc) is 2.65. The molecule has 0 fully saturated rings. The molecule has 96 valence electrons. The van der Waals surface area contributed by atoms with E-state index in [1.165, 1.54) is 6.07 Å². The molecule has 0 unspecified atom stereocenters. The molecule has 0 aliphatic rings. The first-order chi connectivity index (χ1) is 7.99. The van der Waals surface area contributed by atoms with Gasteiger partial charge in [0.15, 0.2) is 11.5 Å².